The molecule has 0 amide bonds. The van der Waals surface area contributed by atoms with Crippen LogP contribution in [-0.2, 0) is 0 Å². The van der Waals surface area contributed by atoms with Gasteiger partial charge < -0.3 is 5.73 Å². The van der Waals surface area contributed by atoms with Crippen molar-refractivity contribution in [1.82, 2.24) is 0 Å². The maximum absolute atomic E-state index is 6.38. The fourth-order valence-corrected chi connectivity index (χ4v) is 4.56. The first-order chi connectivity index (χ1) is 8.31. The van der Waals surface area contributed by atoms with Crippen molar-refractivity contribution in [2.75, 3.05) is 0 Å². The van der Waals surface area contributed by atoms with E-state index in [1.807, 2.05) is 0 Å². The fourth-order valence-electron chi connectivity index (χ4n) is 4.56. The Kier molecular flexibility index (Phi) is 3.56. The van der Waals surface area contributed by atoms with E-state index in [1.54, 1.807) is 5.57 Å². The number of hydrogen-bond donors (Lipinski definition) is 1. The van der Waals surface area contributed by atoms with E-state index in [1.165, 1.54) is 64.2 Å². The summed E-state index contributed by atoms with van der Waals surface area (Å²) >= 11 is 0. The van der Waals surface area contributed by atoms with Gasteiger partial charge in [-0.25, -0.2) is 0 Å². The van der Waals surface area contributed by atoms with E-state index >= 15 is 0 Å². The Hall–Kier alpha value is -0.300. The Bertz CT molecular complexity index is 294. The maximum atomic E-state index is 6.38. The Balaban J connectivity index is 1.47. The molecule has 0 aliphatic heterocycles. The van der Waals surface area contributed by atoms with Gasteiger partial charge in [0, 0.05) is 6.04 Å². The van der Waals surface area contributed by atoms with Crippen LogP contribution in [0.5, 0.6) is 0 Å². The molecule has 3 aliphatic rings. The quantitative estimate of drug-likeness (QED) is 0.729. The molecule has 0 aromatic heterocycles. The molecule has 0 aromatic rings. The molecule has 4 unspecified atom stereocenters. The van der Waals surface area contributed by atoms with Crippen LogP contribution in [0.1, 0.15) is 64.2 Å². The molecule has 0 heterocycles. The lowest BCUT2D eigenvalue weighted by Gasteiger charge is -2.25. The lowest BCUT2D eigenvalue weighted by molar-refractivity contribution is 0.293. The molecule has 4 atom stereocenters. The minimum Gasteiger partial charge on any atom is -0.327 e. The number of nitrogens with two attached hydrogens (primary N) is 1. The fraction of sp³-hybridized carbons (Fsp3) is 0.875. The molecule has 96 valence electrons. The van der Waals surface area contributed by atoms with Crippen LogP contribution in [0.3, 0.4) is 0 Å². The number of rotatable bonds is 4. The van der Waals surface area contributed by atoms with Gasteiger partial charge in [0.05, 0.1) is 0 Å². The molecule has 1 nitrogen and oxygen atoms in total. The van der Waals surface area contributed by atoms with Gasteiger partial charge in [0.15, 0.2) is 0 Å². The Morgan fingerprint density at radius 2 is 2.18 bits per heavy atom. The van der Waals surface area contributed by atoms with Crippen LogP contribution in [0.4, 0.5) is 0 Å². The molecule has 2 N–H and O–H groups in total. The third-order valence-corrected chi connectivity index (χ3v) is 5.40. The lowest BCUT2D eigenvalue weighted by atomic mass is 9.82. The van der Waals surface area contributed by atoms with E-state index in [9.17, 15) is 0 Å². The van der Waals surface area contributed by atoms with Crippen LogP contribution in [-0.4, -0.2) is 6.04 Å². The number of fused-ring (bicyclic) bond motifs is 2. The third kappa shape index (κ3) is 2.76. The molecular weight excluding hydrogens is 206 g/mol. The molecule has 1 heteroatoms. The van der Waals surface area contributed by atoms with Gasteiger partial charge in [-0.05, 0) is 75.5 Å². The second kappa shape index (κ2) is 5.14. The van der Waals surface area contributed by atoms with Gasteiger partial charge in [-0.15, -0.1) is 0 Å². The first kappa shape index (κ1) is 11.8. The second-order valence-corrected chi connectivity index (χ2v) is 6.74. The average Bonchev–Trinajstić information content (AvgIpc) is 2.92. The van der Waals surface area contributed by atoms with Crippen molar-refractivity contribution in [2.45, 2.75) is 70.3 Å². The van der Waals surface area contributed by atoms with Crippen molar-refractivity contribution in [3.8, 4) is 0 Å². The smallest absolute Gasteiger partial charge is 0.00788 e. The summed E-state index contributed by atoms with van der Waals surface area (Å²) in [7, 11) is 0. The normalized spacial score (nSPS) is 38.2. The monoisotopic (exact) mass is 233 g/mol. The first-order valence-electron chi connectivity index (χ1n) is 7.74. The highest BCUT2D eigenvalue weighted by molar-refractivity contribution is 5.07. The lowest BCUT2D eigenvalue weighted by Crippen LogP contribution is -2.26. The number of allylic oxidation sites excluding steroid dienone is 1. The van der Waals surface area contributed by atoms with Gasteiger partial charge >= 0.3 is 0 Å². The molecule has 2 bridgehead atoms. The van der Waals surface area contributed by atoms with E-state index in [2.05, 4.69) is 6.08 Å². The topological polar surface area (TPSA) is 26.0 Å². The molecular formula is C16H27N. The standard InChI is InChI=1S/C16H27N/c17-16(10-12-4-2-1-3-5-12)11-15-9-13-6-7-14(15)8-13/h4,13-16H,1-3,5-11,17H2. The molecule has 0 aromatic carbocycles. The molecule has 2 saturated carbocycles. The van der Waals surface area contributed by atoms with Crippen molar-refractivity contribution < 1.29 is 0 Å². The summed E-state index contributed by atoms with van der Waals surface area (Å²) in [5, 5.41) is 0. The zero-order valence-electron chi connectivity index (χ0n) is 11.0. The Labute approximate surface area is 106 Å². The summed E-state index contributed by atoms with van der Waals surface area (Å²) in [6, 6.07) is 0.448. The third-order valence-electron chi connectivity index (χ3n) is 5.40. The first-order valence-corrected chi connectivity index (χ1v) is 7.74. The zero-order chi connectivity index (χ0) is 11.7. The van der Waals surface area contributed by atoms with Crippen molar-refractivity contribution in [1.29, 1.82) is 0 Å². The largest absolute Gasteiger partial charge is 0.327 e. The second-order valence-electron chi connectivity index (χ2n) is 6.74. The van der Waals surface area contributed by atoms with Crippen LogP contribution in [0.15, 0.2) is 11.6 Å². The highest BCUT2D eigenvalue weighted by Crippen LogP contribution is 2.50. The average molecular weight is 233 g/mol. The SMILES string of the molecule is NC(CC1=CCCCC1)CC1CC2CCC1C2. The highest BCUT2D eigenvalue weighted by atomic mass is 14.6. The van der Waals surface area contributed by atoms with Crippen LogP contribution in [0.25, 0.3) is 0 Å². The van der Waals surface area contributed by atoms with Crippen LogP contribution in [0.2, 0.25) is 0 Å². The van der Waals surface area contributed by atoms with E-state index in [4.69, 9.17) is 5.73 Å². The molecule has 2 fully saturated rings. The molecule has 3 aliphatic carbocycles. The van der Waals surface area contributed by atoms with Gasteiger partial charge in [0.1, 0.15) is 0 Å². The summed E-state index contributed by atoms with van der Waals surface area (Å²) in [5.74, 6) is 3.10. The summed E-state index contributed by atoms with van der Waals surface area (Å²) < 4.78 is 0. The van der Waals surface area contributed by atoms with E-state index in [-0.39, 0.29) is 0 Å². The Morgan fingerprint density at radius 1 is 1.24 bits per heavy atom. The minimum absolute atomic E-state index is 0.448. The Morgan fingerprint density at radius 3 is 2.82 bits per heavy atom. The van der Waals surface area contributed by atoms with Gasteiger partial charge in [-0.1, -0.05) is 18.1 Å². The van der Waals surface area contributed by atoms with Gasteiger partial charge in [0.25, 0.3) is 0 Å². The molecule has 0 saturated heterocycles. The molecule has 3 rings (SSSR count). The number of hydrogen-bond acceptors (Lipinski definition) is 1. The van der Waals surface area contributed by atoms with Gasteiger partial charge in [-0.3, -0.25) is 0 Å². The summed E-state index contributed by atoms with van der Waals surface area (Å²) in [6.45, 7) is 0. The summed E-state index contributed by atoms with van der Waals surface area (Å²) in [6.07, 6.45) is 16.4. The van der Waals surface area contributed by atoms with Crippen LogP contribution in [0, 0.1) is 17.8 Å². The van der Waals surface area contributed by atoms with Crippen molar-refractivity contribution in [3.63, 3.8) is 0 Å². The van der Waals surface area contributed by atoms with Crippen LogP contribution < -0.4 is 5.73 Å². The predicted molar refractivity (Wildman–Crippen MR) is 72.7 cm³/mol. The zero-order valence-corrected chi connectivity index (χ0v) is 11.0. The van der Waals surface area contributed by atoms with E-state index in [0.29, 0.717) is 6.04 Å². The highest BCUT2D eigenvalue weighted by Gasteiger charge is 2.39. The summed E-state index contributed by atoms with van der Waals surface area (Å²) in [4.78, 5) is 0. The van der Waals surface area contributed by atoms with Crippen molar-refractivity contribution >= 4 is 0 Å². The van der Waals surface area contributed by atoms with Crippen molar-refractivity contribution in [3.05, 3.63) is 11.6 Å². The van der Waals surface area contributed by atoms with E-state index < -0.39 is 0 Å². The molecule has 0 spiro atoms. The van der Waals surface area contributed by atoms with Crippen LogP contribution >= 0.6 is 0 Å². The molecule has 0 radical (unpaired) electrons. The minimum atomic E-state index is 0.448. The molecule has 17 heavy (non-hydrogen) atoms. The maximum Gasteiger partial charge on any atom is 0.00788 e. The predicted octanol–water partition coefficient (Wildman–Crippen LogP) is 4.03. The van der Waals surface area contributed by atoms with Crippen molar-refractivity contribution in [2.24, 2.45) is 23.5 Å². The van der Waals surface area contributed by atoms with E-state index in [0.717, 1.165) is 17.8 Å². The summed E-state index contributed by atoms with van der Waals surface area (Å²) in [5.41, 5.74) is 8.03. The van der Waals surface area contributed by atoms with Gasteiger partial charge in [-0.2, -0.15) is 0 Å². The van der Waals surface area contributed by atoms with Gasteiger partial charge in [0.2, 0.25) is 0 Å².